The number of hydrogen-bond acceptors (Lipinski definition) is 4. The van der Waals surface area contributed by atoms with Crippen molar-refractivity contribution in [2.45, 2.75) is 50.0 Å². The number of carboxylic acids is 1. The molecule has 1 aliphatic carbocycles. The normalized spacial score (nSPS) is 26.7. The van der Waals surface area contributed by atoms with Crippen molar-refractivity contribution in [1.82, 2.24) is 4.31 Å². The van der Waals surface area contributed by atoms with Crippen molar-refractivity contribution in [2.75, 3.05) is 6.54 Å². The Morgan fingerprint density at radius 1 is 1.33 bits per heavy atom. The number of rotatable bonds is 3. The number of aromatic carboxylic acids is 1. The van der Waals surface area contributed by atoms with Crippen molar-refractivity contribution >= 4 is 27.3 Å². The molecule has 2 fully saturated rings. The molecule has 1 saturated heterocycles. The third-order valence-corrected chi connectivity index (χ3v) is 7.83. The molecule has 0 aromatic carbocycles. The Balaban J connectivity index is 1.98. The first-order valence-corrected chi connectivity index (χ1v) is 9.52. The quantitative estimate of drug-likeness (QED) is 0.925. The van der Waals surface area contributed by atoms with Gasteiger partial charge in [0.05, 0.1) is 4.90 Å². The Labute approximate surface area is 128 Å². The Bertz CT molecular complexity index is 665. The van der Waals surface area contributed by atoms with Gasteiger partial charge in [-0.15, -0.1) is 11.3 Å². The zero-order valence-corrected chi connectivity index (χ0v) is 13.5. The van der Waals surface area contributed by atoms with Gasteiger partial charge in [-0.3, -0.25) is 0 Å². The number of carbonyl (C=O) groups is 1. The summed E-state index contributed by atoms with van der Waals surface area (Å²) in [6.45, 7) is 2.24. The maximum atomic E-state index is 12.9. The summed E-state index contributed by atoms with van der Waals surface area (Å²) in [5.74, 6) is -0.589. The topological polar surface area (TPSA) is 74.7 Å². The fourth-order valence-corrected chi connectivity index (χ4v) is 6.82. The first-order valence-electron chi connectivity index (χ1n) is 7.27. The van der Waals surface area contributed by atoms with Crippen molar-refractivity contribution in [3.63, 3.8) is 0 Å². The van der Waals surface area contributed by atoms with Gasteiger partial charge in [-0.2, -0.15) is 4.31 Å². The van der Waals surface area contributed by atoms with Crippen LogP contribution < -0.4 is 0 Å². The second-order valence-electron chi connectivity index (χ2n) is 5.85. The monoisotopic (exact) mass is 329 g/mol. The van der Waals surface area contributed by atoms with Crippen molar-refractivity contribution in [3.05, 3.63) is 15.8 Å². The lowest BCUT2D eigenvalue weighted by Crippen LogP contribution is -2.46. The first kappa shape index (κ1) is 15.0. The zero-order chi connectivity index (χ0) is 15.2. The Morgan fingerprint density at radius 3 is 2.71 bits per heavy atom. The van der Waals surface area contributed by atoms with Gasteiger partial charge in [0.25, 0.3) is 0 Å². The van der Waals surface area contributed by atoms with E-state index in [1.165, 1.54) is 6.07 Å². The van der Waals surface area contributed by atoms with E-state index in [0.29, 0.717) is 17.3 Å². The van der Waals surface area contributed by atoms with Crippen LogP contribution in [0.1, 0.15) is 46.7 Å². The summed E-state index contributed by atoms with van der Waals surface area (Å²) in [6.07, 6.45) is 5.14. The molecule has 1 saturated carbocycles. The molecule has 2 aliphatic rings. The van der Waals surface area contributed by atoms with E-state index in [4.69, 9.17) is 5.11 Å². The molecule has 116 valence electrons. The van der Waals surface area contributed by atoms with Crippen molar-refractivity contribution < 1.29 is 18.3 Å². The molecule has 0 spiro atoms. The third-order valence-electron chi connectivity index (χ3n) is 4.61. The highest BCUT2D eigenvalue weighted by molar-refractivity contribution is 7.89. The molecule has 5 nitrogen and oxygen atoms in total. The maximum Gasteiger partial charge on any atom is 0.345 e. The number of carboxylic acid groups (broad SMARTS) is 1. The van der Waals surface area contributed by atoms with Crippen LogP contribution in [-0.4, -0.2) is 36.4 Å². The van der Waals surface area contributed by atoms with Crippen molar-refractivity contribution in [2.24, 2.45) is 5.92 Å². The predicted octanol–water partition coefficient (Wildman–Crippen LogP) is 2.71. The number of aryl methyl sites for hydroxylation is 1. The summed E-state index contributed by atoms with van der Waals surface area (Å²) in [6, 6.07) is 1.42. The predicted molar refractivity (Wildman–Crippen MR) is 80.3 cm³/mol. The molecule has 0 bridgehead atoms. The highest BCUT2D eigenvalue weighted by atomic mass is 32.2. The Kier molecular flexibility index (Phi) is 3.83. The highest BCUT2D eigenvalue weighted by Gasteiger charge is 2.42. The molecule has 7 heteroatoms. The number of hydrogen-bond donors (Lipinski definition) is 1. The van der Waals surface area contributed by atoms with Gasteiger partial charge >= 0.3 is 5.97 Å². The molecule has 1 aromatic rings. The zero-order valence-electron chi connectivity index (χ0n) is 11.9. The van der Waals surface area contributed by atoms with E-state index in [1.807, 2.05) is 0 Å². The summed E-state index contributed by atoms with van der Waals surface area (Å²) in [7, 11) is -3.58. The van der Waals surface area contributed by atoms with Crippen LogP contribution in [0.25, 0.3) is 0 Å². The lowest BCUT2D eigenvalue weighted by Gasteiger charge is -2.36. The van der Waals surface area contributed by atoms with Crippen molar-refractivity contribution in [3.8, 4) is 0 Å². The second kappa shape index (κ2) is 5.37. The van der Waals surface area contributed by atoms with E-state index in [1.54, 1.807) is 11.2 Å². The largest absolute Gasteiger partial charge is 0.477 e. The van der Waals surface area contributed by atoms with E-state index in [2.05, 4.69) is 0 Å². The fourth-order valence-electron chi connectivity index (χ4n) is 3.66. The molecule has 1 aromatic heterocycles. The van der Waals surface area contributed by atoms with Crippen LogP contribution in [-0.2, 0) is 10.0 Å². The number of nitrogens with zero attached hydrogens (tertiary/aromatic N) is 1. The molecule has 2 atom stereocenters. The summed E-state index contributed by atoms with van der Waals surface area (Å²) < 4.78 is 27.5. The number of sulfonamides is 1. The molecular weight excluding hydrogens is 310 g/mol. The van der Waals surface area contributed by atoms with E-state index in [0.717, 1.165) is 43.4 Å². The first-order chi connectivity index (χ1) is 9.91. The van der Waals surface area contributed by atoms with Gasteiger partial charge in [0.15, 0.2) is 0 Å². The number of thiophene rings is 1. The van der Waals surface area contributed by atoms with Gasteiger partial charge < -0.3 is 5.11 Å². The van der Waals surface area contributed by atoms with Crippen LogP contribution in [0.3, 0.4) is 0 Å². The Morgan fingerprint density at radius 2 is 2.05 bits per heavy atom. The number of piperidine rings is 1. The van der Waals surface area contributed by atoms with E-state index < -0.39 is 16.0 Å². The minimum atomic E-state index is -3.58. The average molecular weight is 329 g/mol. The maximum absolute atomic E-state index is 12.9. The third kappa shape index (κ3) is 2.51. The van der Waals surface area contributed by atoms with Crippen LogP contribution in [0.4, 0.5) is 0 Å². The van der Waals surface area contributed by atoms with Gasteiger partial charge in [-0.25, -0.2) is 13.2 Å². The van der Waals surface area contributed by atoms with Gasteiger partial charge in [0.1, 0.15) is 4.88 Å². The lowest BCUT2D eigenvalue weighted by atomic mass is 9.94. The van der Waals surface area contributed by atoms with Gasteiger partial charge in [-0.05, 0) is 44.6 Å². The Hall–Kier alpha value is -0.920. The summed E-state index contributed by atoms with van der Waals surface area (Å²) in [5.41, 5.74) is 0. The standard InChI is InChI=1S/C14H19NO4S2/c1-9-13(8-12(20-9)14(16)17)21(18,19)15-7-3-5-10-4-2-6-11(10)15/h8,10-11H,2-7H2,1H3,(H,16,17). The van der Waals surface area contributed by atoms with E-state index in [-0.39, 0.29) is 15.8 Å². The minimum absolute atomic E-state index is 0.0889. The minimum Gasteiger partial charge on any atom is -0.477 e. The van der Waals surface area contributed by atoms with Crippen LogP contribution >= 0.6 is 11.3 Å². The van der Waals surface area contributed by atoms with E-state index >= 15 is 0 Å². The molecule has 1 aliphatic heterocycles. The summed E-state index contributed by atoms with van der Waals surface area (Å²) in [4.78, 5) is 11.9. The molecular formula is C14H19NO4S2. The summed E-state index contributed by atoms with van der Waals surface area (Å²) in [5, 5.41) is 9.05. The van der Waals surface area contributed by atoms with Crippen LogP contribution in [0.15, 0.2) is 11.0 Å². The van der Waals surface area contributed by atoms with Crippen LogP contribution in [0, 0.1) is 12.8 Å². The number of fused-ring (bicyclic) bond motifs is 1. The van der Waals surface area contributed by atoms with Gasteiger partial charge in [0, 0.05) is 17.5 Å². The average Bonchev–Trinajstić information content (AvgIpc) is 3.04. The SMILES string of the molecule is Cc1sc(C(=O)O)cc1S(=O)(=O)N1CCCC2CCCC21. The highest BCUT2D eigenvalue weighted by Crippen LogP contribution is 2.40. The van der Waals surface area contributed by atoms with Gasteiger partial charge in [0.2, 0.25) is 10.0 Å². The summed E-state index contributed by atoms with van der Waals surface area (Å²) >= 11 is 1.03. The smallest absolute Gasteiger partial charge is 0.345 e. The second-order valence-corrected chi connectivity index (χ2v) is 8.97. The molecule has 0 amide bonds. The lowest BCUT2D eigenvalue weighted by molar-refractivity contribution is 0.0702. The van der Waals surface area contributed by atoms with Crippen molar-refractivity contribution in [1.29, 1.82) is 0 Å². The molecule has 1 N–H and O–H groups in total. The van der Waals surface area contributed by atoms with Crippen LogP contribution in [0.5, 0.6) is 0 Å². The van der Waals surface area contributed by atoms with Crippen LogP contribution in [0.2, 0.25) is 0 Å². The molecule has 21 heavy (non-hydrogen) atoms. The molecule has 2 heterocycles. The molecule has 0 radical (unpaired) electrons. The molecule has 2 unspecified atom stereocenters. The fraction of sp³-hybridized carbons (Fsp3) is 0.643. The van der Waals surface area contributed by atoms with Gasteiger partial charge in [-0.1, -0.05) is 6.42 Å². The van der Waals surface area contributed by atoms with E-state index in [9.17, 15) is 13.2 Å². The molecule has 3 rings (SSSR count).